The molecule has 0 bridgehead atoms. The second kappa shape index (κ2) is 8.26. The Morgan fingerprint density at radius 3 is 2.70 bits per heavy atom. The molecule has 0 radical (unpaired) electrons. The molecule has 1 N–H and O–H groups in total. The molecule has 0 saturated heterocycles. The maximum Gasteiger partial charge on any atom is 0.183 e. The number of hydrogen-bond acceptors (Lipinski definition) is 8. The molecule has 0 saturated carbocycles. The molecule has 0 amide bonds. The van der Waals surface area contributed by atoms with Gasteiger partial charge in [-0.05, 0) is 12.1 Å². The van der Waals surface area contributed by atoms with E-state index in [0.717, 1.165) is 12.3 Å². The van der Waals surface area contributed by atoms with Gasteiger partial charge in [0, 0.05) is 17.7 Å². The number of anilines is 1. The van der Waals surface area contributed by atoms with Gasteiger partial charge in [-0.3, -0.25) is 9.48 Å². The summed E-state index contributed by atoms with van der Waals surface area (Å²) in [5.41, 5.74) is 1.68. The van der Waals surface area contributed by atoms with Crippen molar-refractivity contribution in [2.24, 2.45) is 0 Å². The van der Waals surface area contributed by atoms with Crippen LogP contribution in [-0.2, 0) is 11.3 Å². The molecule has 0 fully saturated rings. The van der Waals surface area contributed by atoms with E-state index in [2.05, 4.69) is 20.2 Å². The van der Waals surface area contributed by atoms with Crippen molar-refractivity contribution in [3.05, 3.63) is 77.9 Å². The number of benzene rings is 1. The summed E-state index contributed by atoms with van der Waals surface area (Å²) in [5.74, 6) is -1.74. The summed E-state index contributed by atoms with van der Waals surface area (Å²) in [6.07, 6.45) is 3.48. The summed E-state index contributed by atoms with van der Waals surface area (Å²) >= 11 is 0. The van der Waals surface area contributed by atoms with E-state index in [0.29, 0.717) is 17.0 Å². The summed E-state index contributed by atoms with van der Waals surface area (Å²) < 4.78 is 35.2. The zero-order valence-electron chi connectivity index (χ0n) is 17.0. The Morgan fingerprint density at radius 1 is 1.09 bits per heavy atom. The highest BCUT2D eigenvalue weighted by molar-refractivity contribution is 5.95. The lowest BCUT2D eigenvalue weighted by Crippen LogP contribution is -2.36. The third kappa shape index (κ3) is 4.07. The smallest absolute Gasteiger partial charge is 0.183 e. The molecule has 166 valence electrons. The molecule has 0 spiro atoms. The SMILES string of the molecule is O=C1C=C(O)CN(c2nc(-c3cc(-c4ccon4)n(Cc4ccccc4F)n3)ncc2F)C1. The second-order valence-electron chi connectivity index (χ2n) is 7.37. The van der Waals surface area contributed by atoms with Crippen LogP contribution in [0.4, 0.5) is 14.6 Å². The van der Waals surface area contributed by atoms with Gasteiger partial charge in [-0.25, -0.2) is 18.7 Å². The van der Waals surface area contributed by atoms with Gasteiger partial charge in [0.25, 0.3) is 0 Å². The topological polar surface area (TPSA) is 110 Å². The van der Waals surface area contributed by atoms with Crippen molar-refractivity contribution in [1.82, 2.24) is 24.9 Å². The summed E-state index contributed by atoms with van der Waals surface area (Å²) in [5, 5.41) is 18.2. The van der Waals surface area contributed by atoms with E-state index in [9.17, 15) is 18.7 Å². The second-order valence-corrected chi connectivity index (χ2v) is 7.37. The third-order valence-corrected chi connectivity index (χ3v) is 5.04. The fourth-order valence-electron chi connectivity index (χ4n) is 3.56. The zero-order valence-corrected chi connectivity index (χ0v) is 17.0. The molecular formula is C22H16F2N6O3. The maximum atomic E-state index is 14.5. The Kier molecular flexibility index (Phi) is 5.13. The number of hydrogen-bond donors (Lipinski definition) is 1. The van der Waals surface area contributed by atoms with Crippen LogP contribution in [-0.4, -0.2) is 48.9 Å². The van der Waals surface area contributed by atoms with Crippen molar-refractivity contribution in [3.63, 3.8) is 0 Å². The molecule has 5 rings (SSSR count). The zero-order chi connectivity index (χ0) is 22.9. The molecule has 1 aliphatic heterocycles. The van der Waals surface area contributed by atoms with Gasteiger partial charge in [-0.15, -0.1) is 0 Å². The normalized spacial score (nSPS) is 13.9. The first-order valence-corrected chi connectivity index (χ1v) is 9.90. The Labute approximate surface area is 185 Å². The van der Waals surface area contributed by atoms with Gasteiger partial charge < -0.3 is 14.5 Å². The first kappa shape index (κ1) is 20.5. The van der Waals surface area contributed by atoms with Crippen LogP contribution in [0.1, 0.15) is 5.56 Å². The molecule has 0 unspecified atom stereocenters. The molecule has 0 aliphatic carbocycles. The minimum Gasteiger partial charge on any atom is -0.510 e. The number of carbonyl (C=O) groups excluding carboxylic acids is 1. The van der Waals surface area contributed by atoms with Crippen LogP contribution in [0.5, 0.6) is 0 Å². The van der Waals surface area contributed by atoms with Gasteiger partial charge in [0.05, 0.1) is 31.5 Å². The number of aliphatic hydroxyl groups is 1. The maximum absolute atomic E-state index is 14.5. The van der Waals surface area contributed by atoms with Crippen LogP contribution < -0.4 is 4.90 Å². The molecule has 9 nitrogen and oxygen atoms in total. The van der Waals surface area contributed by atoms with Gasteiger partial charge in [-0.1, -0.05) is 23.4 Å². The van der Waals surface area contributed by atoms with Crippen LogP contribution in [0.3, 0.4) is 0 Å². The van der Waals surface area contributed by atoms with Crippen LogP contribution >= 0.6 is 0 Å². The molecule has 33 heavy (non-hydrogen) atoms. The van der Waals surface area contributed by atoms with Crippen LogP contribution in [0, 0.1) is 11.6 Å². The van der Waals surface area contributed by atoms with Gasteiger partial charge in [0.1, 0.15) is 29.2 Å². The quantitative estimate of drug-likeness (QED) is 0.494. The van der Waals surface area contributed by atoms with Crippen molar-refractivity contribution in [3.8, 4) is 22.9 Å². The average Bonchev–Trinajstić information content (AvgIpc) is 3.45. The summed E-state index contributed by atoms with van der Waals surface area (Å²) in [4.78, 5) is 21.4. The summed E-state index contributed by atoms with van der Waals surface area (Å²) in [7, 11) is 0. The Balaban J connectivity index is 1.55. The van der Waals surface area contributed by atoms with E-state index >= 15 is 0 Å². The van der Waals surface area contributed by atoms with Gasteiger partial charge in [0.2, 0.25) is 0 Å². The monoisotopic (exact) mass is 450 g/mol. The fourth-order valence-corrected chi connectivity index (χ4v) is 3.56. The van der Waals surface area contributed by atoms with E-state index in [1.165, 1.54) is 21.9 Å². The van der Waals surface area contributed by atoms with Crippen LogP contribution in [0.15, 0.2) is 65.2 Å². The number of ketones is 1. The van der Waals surface area contributed by atoms with Crippen molar-refractivity contribution in [2.75, 3.05) is 18.0 Å². The molecule has 0 atom stereocenters. The van der Waals surface area contributed by atoms with Crippen molar-refractivity contribution in [2.45, 2.75) is 6.54 Å². The Hall–Kier alpha value is -4.41. The van der Waals surface area contributed by atoms with Crippen molar-refractivity contribution in [1.29, 1.82) is 0 Å². The predicted octanol–water partition coefficient (Wildman–Crippen LogP) is 3.15. The fraction of sp³-hybridized carbons (Fsp3) is 0.136. The van der Waals surface area contributed by atoms with Crippen LogP contribution in [0.25, 0.3) is 22.9 Å². The minimum absolute atomic E-state index is 0.0645. The predicted molar refractivity (Wildman–Crippen MR) is 112 cm³/mol. The van der Waals surface area contributed by atoms with Crippen molar-refractivity contribution >= 4 is 11.6 Å². The van der Waals surface area contributed by atoms with E-state index in [4.69, 9.17) is 4.52 Å². The molecule has 4 aromatic rings. The standard InChI is InChI=1S/C22H16F2N6O3/c23-16-4-2-1-3-13(16)10-30-20(18-5-6-33-28-18)8-19(27-30)21-25-9-17(24)22(26-21)29-11-14(31)7-15(32)12-29/h1-9,31H,10-12H2. The highest BCUT2D eigenvalue weighted by Crippen LogP contribution is 2.27. The largest absolute Gasteiger partial charge is 0.510 e. The first-order chi connectivity index (χ1) is 16.0. The minimum atomic E-state index is -0.747. The number of aromatic nitrogens is 5. The molecular weight excluding hydrogens is 434 g/mol. The third-order valence-electron chi connectivity index (χ3n) is 5.04. The molecule has 11 heteroatoms. The summed E-state index contributed by atoms with van der Waals surface area (Å²) in [6, 6.07) is 9.58. The van der Waals surface area contributed by atoms with E-state index in [1.807, 2.05) is 0 Å². The lowest BCUT2D eigenvalue weighted by Gasteiger charge is -2.25. The van der Waals surface area contributed by atoms with Crippen LogP contribution in [0.2, 0.25) is 0 Å². The molecule has 1 aromatic carbocycles. The number of carbonyl (C=O) groups is 1. The summed E-state index contributed by atoms with van der Waals surface area (Å²) in [6.45, 7) is -0.101. The Morgan fingerprint density at radius 2 is 1.94 bits per heavy atom. The van der Waals surface area contributed by atoms with Gasteiger partial charge in [-0.2, -0.15) is 5.10 Å². The first-order valence-electron chi connectivity index (χ1n) is 9.90. The van der Waals surface area contributed by atoms with Gasteiger partial charge in [0.15, 0.2) is 23.2 Å². The highest BCUT2D eigenvalue weighted by Gasteiger charge is 2.24. The Bertz CT molecular complexity index is 1370. The molecule has 3 aromatic heterocycles. The lowest BCUT2D eigenvalue weighted by molar-refractivity contribution is -0.113. The van der Waals surface area contributed by atoms with E-state index in [1.54, 1.807) is 30.3 Å². The van der Waals surface area contributed by atoms with E-state index < -0.39 is 5.82 Å². The van der Waals surface area contributed by atoms with E-state index in [-0.39, 0.29) is 54.3 Å². The van der Waals surface area contributed by atoms with Gasteiger partial charge >= 0.3 is 0 Å². The lowest BCUT2D eigenvalue weighted by atomic mass is 10.2. The average molecular weight is 450 g/mol. The number of halogens is 2. The molecule has 1 aliphatic rings. The number of rotatable bonds is 5. The van der Waals surface area contributed by atoms with Crippen molar-refractivity contribution < 1.29 is 23.2 Å². The molecule has 4 heterocycles. The number of aliphatic hydroxyl groups excluding tert-OH is 1. The highest BCUT2D eigenvalue weighted by atomic mass is 19.1. The number of nitrogens with zero attached hydrogens (tertiary/aromatic N) is 6.